The molecule has 0 saturated carbocycles. The first kappa shape index (κ1) is 30.0. The quantitative estimate of drug-likeness (QED) is 0.422. The van der Waals surface area contributed by atoms with Gasteiger partial charge in [0.25, 0.3) is 0 Å². The van der Waals surface area contributed by atoms with E-state index >= 15 is 0 Å². The SMILES string of the molecule is Cn1nc(N2CCC(=O)NC2=O)c2ccc(C3CCN(CC#Cc4cc(S(=O)N5CCC(N)CC5)ccc4C#N)CC3)cc21. The largest absolute Gasteiger partial charge is 0.329 e. The number of nitriles is 1. The number of nitrogens with two attached hydrogens (primary N) is 1. The average Bonchev–Trinajstić information content (AvgIpc) is 3.36. The number of nitrogens with one attached hydrogen (secondary N) is 1. The Hall–Kier alpha value is -4.07. The van der Waals surface area contributed by atoms with Crippen LogP contribution in [0, 0.1) is 23.2 Å². The Morgan fingerprint density at radius 3 is 2.52 bits per heavy atom. The second-order valence-corrected chi connectivity index (χ2v) is 13.2. The molecule has 0 bridgehead atoms. The van der Waals surface area contributed by atoms with Crippen molar-refractivity contribution in [3.05, 3.63) is 53.1 Å². The van der Waals surface area contributed by atoms with E-state index in [1.807, 2.05) is 17.4 Å². The molecule has 0 radical (unpaired) electrons. The van der Waals surface area contributed by atoms with Crippen molar-refractivity contribution in [3.8, 4) is 17.9 Å². The van der Waals surface area contributed by atoms with Gasteiger partial charge in [-0.3, -0.25) is 24.6 Å². The number of benzene rings is 2. The zero-order valence-electron chi connectivity index (χ0n) is 24.8. The van der Waals surface area contributed by atoms with Gasteiger partial charge >= 0.3 is 6.03 Å². The molecule has 0 spiro atoms. The maximum absolute atomic E-state index is 13.1. The molecule has 1 unspecified atom stereocenters. The van der Waals surface area contributed by atoms with Crippen molar-refractivity contribution in [1.82, 2.24) is 24.3 Å². The van der Waals surface area contributed by atoms with Crippen LogP contribution < -0.4 is 16.0 Å². The summed E-state index contributed by atoms with van der Waals surface area (Å²) in [4.78, 5) is 28.5. The number of piperidine rings is 2. The van der Waals surface area contributed by atoms with E-state index in [-0.39, 0.29) is 18.4 Å². The number of likely N-dealkylation sites (tertiary alicyclic amines) is 1. The van der Waals surface area contributed by atoms with Crippen LogP contribution in [-0.4, -0.2) is 80.4 Å². The summed E-state index contributed by atoms with van der Waals surface area (Å²) in [6, 6.07) is 13.5. The molecular formula is C32H36N8O3S. The Labute approximate surface area is 259 Å². The number of fused-ring (bicyclic) bond motifs is 1. The minimum atomic E-state index is -1.30. The van der Waals surface area contributed by atoms with Gasteiger partial charge in [-0.05, 0) is 80.6 Å². The summed E-state index contributed by atoms with van der Waals surface area (Å²) in [6.07, 6.45) is 3.89. The number of urea groups is 1. The lowest BCUT2D eigenvalue weighted by Gasteiger charge is -2.31. The van der Waals surface area contributed by atoms with Crippen LogP contribution in [0.15, 0.2) is 41.3 Å². The maximum atomic E-state index is 13.1. The van der Waals surface area contributed by atoms with Crippen molar-refractivity contribution in [2.75, 3.05) is 44.2 Å². The van der Waals surface area contributed by atoms with E-state index in [4.69, 9.17) is 5.73 Å². The fraction of sp³-hybridized carbons (Fsp3) is 0.438. The summed E-state index contributed by atoms with van der Waals surface area (Å²) < 4.78 is 16.9. The number of rotatable bonds is 5. The normalized spacial score (nSPS) is 19.8. The number of imide groups is 1. The number of aryl methyl sites for hydroxylation is 1. The van der Waals surface area contributed by atoms with E-state index in [1.165, 1.54) is 10.5 Å². The number of anilines is 1. The molecule has 3 amide bonds. The van der Waals surface area contributed by atoms with Crippen LogP contribution in [0.25, 0.3) is 10.9 Å². The molecule has 228 valence electrons. The number of carbonyl (C=O) groups excluding carboxylic acids is 2. The van der Waals surface area contributed by atoms with Crippen molar-refractivity contribution in [3.63, 3.8) is 0 Å². The molecule has 0 aliphatic carbocycles. The Morgan fingerprint density at radius 2 is 1.80 bits per heavy atom. The first-order valence-corrected chi connectivity index (χ1v) is 16.2. The van der Waals surface area contributed by atoms with E-state index in [1.54, 1.807) is 22.9 Å². The molecule has 3 aromatic rings. The van der Waals surface area contributed by atoms with Gasteiger partial charge in [-0.25, -0.2) is 13.3 Å². The molecule has 3 aliphatic heterocycles. The predicted octanol–water partition coefficient (Wildman–Crippen LogP) is 2.57. The van der Waals surface area contributed by atoms with Crippen LogP contribution in [0.4, 0.5) is 10.6 Å². The zero-order chi connectivity index (χ0) is 30.8. The van der Waals surface area contributed by atoms with Gasteiger partial charge in [0.2, 0.25) is 5.91 Å². The zero-order valence-corrected chi connectivity index (χ0v) is 25.6. The van der Waals surface area contributed by atoms with Gasteiger partial charge in [-0.2, -0.15) is 10.4 Å². The third-order valence-corrected chi connectivity index (χ3v) is 10.3. The minimum absolute atomic E-state index is 0.166. The number of hydrogen-bond donors (Lipinski definition) is 2. The van der Waals surface area contributed by atoms with Crippen molar-refractivity contribution in [2.24, 2.45) is 12.8 Å². The van der Waals surface area contributed by atoms with E-state index in [0.717, 1.165) is 49.7 Å². The maximum Gasteiger partial charge on any atom is 0.329 e. The Balaban J connectivity index is 1.08. The molecular weight excluding hydrogens is 576 g/mol. The van der Waals surface area contributed by atoms with Gasteiger partial charge in [0.15, 0.2) is 5.82 Å². The van der Waals surface area contributed by atoms with Crippen molar-refractivity contribution < 1.29 is 13.8 Å². The molecule has 11 nitrogen and oxygen atoms in total. The van der Waals surface area contributed by atoms with Gasteiger partial charge in [-0.1, -0.05) is 17.9 Å². The Morgan fingerprint density at radius 1 is 1.02 bits per heavy atom. The van der Waals surface area contributed by atoms with Gasteiger partial charge in [0, 0.05) is 50.1 Å². The monoisotopic (exact) mass is 612 g/mol. The molecule has 3 N–H and O–H groups in total. The van der Waals surface area contributed by atoms with Crippen LogP contribution in [0.2, 0.25) is 0 Å². The third-order valence-electron chi connectivity index (χ3n) is 8.80. The highest BCUT2D eigenvalue weighted by Gasteiger charge is 2.29. The van der Waals surface area contributed by atoms with Gasteiger partial charge in [0.1, 0.15) is 17.1 Å². The molecule has 3 saturated heterocycles. The molecule has 44 heavy (non-hydrogen) atoms. The summed E-state index contributed by atoms with van der Waals surface area (Å²) in [6.45, 7) is 4.12. The van der Waals surface area contributed by atoms with Gasteiger partial charge in [-0.15, -0.1) is 0 Å². The van der Waals surface area contributed by atoms with Crippen molar-refractivity contribution >= 4 is 39.6 Å². The topological polar surface area (TPSA) is 141 Å². The van der Waals surface area contributed by atoms with Crippen LogP contribution in [0.1, 0.15) is 54.7 Å². The summed E-state index contributed by atoms with van der Waals surface area (Å²) in [5.74, 6) is 7.13. The molecule has 3 fully saturated rings. The molecule has 2 aromatic carbocycles. The first-order valence-electron chi connectivity index (χ1n) is 15.1. The summed E-state index contributed by atoms with van der Waals surface area (Å²) in [5, 5.41) is 17.5. The van der Waals surface area contributed by atoms with Crippen molar-refractivity contribution in [1.29, 1.82) is 5.26 Å². The van der Waals surface area contributed by atoms with Crippen LogP contribution >= 0.6 is 0 Å². The fourth-order valence-corrected chi connectivity index (χ4v) is 7.41. The molecule has 1 aromatic heterocycles. The third kappa shape index (κ3) is 6.26. The lowest BCUT2D eigenvalue weighted by atomic mass is 9.89. The van der Waals surface area contributed by atoms with Crippen LogP contribution in [0.3, 0.4) is 0 Å². The molecule has 4 heterocycles. The Kier molecular flexibility index (Phi) is 8.78. The number of aromatic nitrogens is 2. The number of carbonyl (C=O) groups is 2. The van der Waals surface area contributed by atoms with E-state index < -0.39 is 17.0 Å². The summed E-state index contributed by atoms with van der Waals surface area (Å²) in [5.41, 5.74) is 9.30. The van der Waals surface area contributed by atoms with Crippen LogP contribution in [-0.2, 0) is 22.8 Å². The van der Waals surface area contributed by atoms with E-state index in [0.29, 0.717) is 53.9 Å². The molecule has 1 atom stereocenters. The smallest absolute Gasteiger partial charge is 0.328 e. The number of hydrogen-bond acceptors (Lipinski definition) is 7. The highest BCUT2D eigenvalue weighted by molar-refractivity contribution is 7.82. The molecule has 3 aliphatic rings. The second-order valence-electron chi connectivity index (χ2n) is 11.7. The first-order chi connectivity index (χ1) is 21.3. The number of nitrogens with zero attached hydrogens (tertiary/aromatic N) is 6. The second kappa shape index (κ2) is 12.9. The van der Waals surface area contributed by atoms with Crippen LogP contribution in [0.5, 0.6) is 0 Å². The summed E-state index contributed by atoms with van der Waals surface area (Å²) >= 11 is 0. The molecule has 12 heteroatoms. The minimum Gasteiger partial charge on any atom is -0.328 e. The van der Waals surface area contributed by atoms with E-state index in [9.17, 15) is 19.1 Å². The van der Waals surface area contributed by atoms with Gasteiger partial charge in [0.05, 0.1) is 22.5 Å². The standard InChI is InChI=1S/C32H36N8O3S/c1-37-29-20-24(5-7-28(29)31(36-37)40-18-12-30(41)35-32(40)42)22-8-14-38(15-9-22)13-2-3-23-19-27(6-4-25(23)21-33)44(43)39-16-10-26(34)11-17-39/h4-7,19-20,22,26H,8-18,34H2,1H3,(H,35,41,42). The Bertz CT molecular complexity index is 1720. The predicted molar refractivity (Wildman–Crippen MR) is 168 cm³/mol. The number of amides is 3. The molecule has 6 rings (SSSR count). The lowest BCUT2D eigenvalue weighted by molar-refractivity contribution is -0.120. The summed E-state index contributed by atoms with van der Waals surface area (Å²) in [7, 11) is 0.575. The van der Waals surface area contributed by atoms with Gasteiger partial charge < -0.3 is 5.73 Å². The van der Waals surface area contributed by atoms with E-state index in [2.05, 4.69) is 45.4 Å². The highest BCUT2D eigenvalue weighted by Crippen LogP contribution is 2.33. The lowest BCUT2D eigenvalue weighted by Crippen LogP contribution is -2.49. The fourth-order valence-electron chi connectivity index (χ4n) is 6.17. The average molecular weight is 613 g/mol. The highest BCUT2D eigenvalue weighted by atomic mass is 32.2. The van der Waals surface area contributed by atoms with Crippen molar-refractivity contribution in [2.45, 2.75) is 49.0 Å².